The van der Waals surface area contributed by atoms with E-state index in [4.69, 9.17) is 4.74 Å². The average Bonchev–Trinajstić information content (AvgIpc) is 2.87. The first-order valence-corrected chi connectivity index (χ1v) is 9.34. The van der Waals surface area contributed by atoms with Gasteiger partial charge in [-0.05, 0) is 56.4 Å². The van der Waals surface area contributed by atoms with E-state index in [2.05, 4.69) is 33.0 Å². The van der Waals surface area contributed by atoms with Crippen LogP contribution in [0.2, 0.25) is 0 Å². The van der Waals surface area contributed by atoms with Crippen molar-refractivity contribution in [1.82, 2.24) is 5.32 Å². The van der Waals surface area contributed by atoms with Crippen molar-refractivity contribution < 1.29 is 4.74 Å². The van der Waals surface area contributed by atoms with Gasteiger partial charge >= 0.3 is 0 Å². The summed E-state index contributed by atoms with van der Waals surface area (Å²) in [5.41, 5.74) is 0.955. The second-order valence-electron chi connectivity index (χ2n) is 8.95. The van der Waals surface area contributed by atoms with Crippen LogP contribution < -0.4 is 5.32 Å². The van der Waals surface area contributed by atoms with E-state index in [1.165, 1.54) is 51.4 Å². The second-order valence-corrected chi connectivity index (χ2v) is 8.95. The number of hydrogen-bond donors (Lipinski definition) is 1. The molecule has 21 heavy (non-hydrogen) atoms. The van der Waals surface area contributed by atoms with Crippen molar-refractivity contribution in [3.63, 3.8) is 0 Å². The van der Waals surface area contributed by atoms with Gasteiger partial charge in [-0.1, -0.05) is 40.5 Å². The molecule has 3 aliphatic rings. The van der Waals surface area contributed by atoms with E-state index in [1.54, 1.807) is 0 Å². The Morgan fingerprint density at radius 2 is 1.81 bits per heavy atom. The summed E-state index contributed by atoms with van der Waals surface area (Å²) in [6, 6.07) is 0.726. The highest BCUT2D eigenvalue weighted by Gasteiger charge is 2.57. The fraction of sp³-hybridized carbons (Fsp3) is 1.00. The van der Waals surface area contributed by atoms with Gasteiger partial charge in [0, 0.05) is 11.5 Å². The molecule has 0 amide bonds. The van der Waals surface area contributed by atoms with Crippen molar-refractivity contribution >= 4 is 0 Å². The molecular weight excluding hydrogens is 258 g/mol. The van der Waals surface area contributed by atoms with E-state index in [-0.39, 0.29) is 0 Å². The summed E-state index contributed by atoms with van der Waals surface area (Å²) in [7, 11) is 0. The summed E-state index contributed by atoms with van der Waals surface area (Å²) in [6.45, 7) is 10.6. The predicted octanol–water partition coefficient (Wildman–Crippen LogP) is 4.53. The van der Waals surface area contributed by atoms with Gasteiger partial charge in [-0.2, -0.15) is 0 Å². The van der Waals surface area contributed by atoms with E-state index in [9.17, 15) is 0 Å². The minimum Gasteiger partial charge on any atom is -0.374 e. The van der Waals surface area contributed by atoms with E-state index < -0.39 is 0 Å². The zero-order chi connectivity index (χ0) is 15.1. The molecule has 0 aromatic rings. The molecule has 0 heterocycles. The summed E-state index contributed by atoms with van der Waals surface area (Å²) in [5, 5.41) is 3.73. The maximum atomic E-state index is 6.71. The highest BCUT2D eigenvalue weighted by atomic mass is 16.5. The van der Waals surface area contributed by atoms with Crippen LogP contribution in [0, 0.1) is 16.7 Å². The van der Waals surface area contributed by atoms with Crippen LogP contribution in [0.1, 0.15) is 79.1 Å². The SMILES string of the molecule is CCNC1CC(OC2CC(C)CC(C)(C)C2)C12CCCC2. The molecule has 3 rings (SSSR count). The van der Waals surface area contributed by atoms with Gasteiger partial charge in [-0.3, -0.25) is 0 Å². The van der Waals surface area contributed by atoms with Crippen LogP contribution >= 0.6 is 0 Å². The maximum absolute atomic E-state index is 6.71. The van der Waals surface area contributed by atoms with Crippen molar-refractivity contribution in [2.45, 2.75) is 97.3 Å². The normalized spacial score (nSPS) is 41.1. The first kappa shape index (κ1) is 15.8. The van der Waals surface area contributed by atoms with Crippen molar-refractivity contribution in [2.75, 3.05) is 6.54 Å². The van der Waals surface area contributed by atoms with Crippen LogP contribution in [0.3, 0.4) is 0 Å². The number of ether oxygens (including phenoxy) is 1. The molecule has 0 aromatic heterocycles. The fourth-order valence-corrected chi connectivity index (χ4v) is 5.77. The Labute approximate surface area is 131 Å². The Balaban J connectivity index is 1.62. The Kier molecular flexibility index (Phi) is 4.40. The largest absolute Gasteiger partial charge is 0.374 e. The molecule has 1 spiro atoms. The van der Waals surface area contributed by atoms with Gasteiger partial charge < -0.3 is 10.1 Å². The van der Waals surface area contributed by atoms with Crippen LogP contribution in [0.4, 0.5) is 0 Å². The fourth-order valence-electron chi connectivity index (χ4n) is 5.77. The van der Waals surface area contributed by atoms with Crippen molar-refractivity contribution in [2.24, 2.45) is 16.7 Å². The molecule has 4 unspecified atom stereocenters. The zero-order valence-corrected chi connectivity index (χ0v) is 14.6. The van der Waals surface area contributed by atoms with Crippen molar-refractivity contribution in [1.29, 1.82) is 0 Å². The number of nitrogens with one attached hydrogen (secondary N) is 1. The van der Waals surface area contributed by atoms with Crippen LogP contribution in [0.5, 0.6) is 0 Å². The minimum absolute atomic E-state index is 0.468. The molecule has 2 nitrogen and oxygen atoms in total. The molecule has 122 valence electrons. The smallest absolute Gasteiger partial charge is 0.0665 e. The van der Waals surface area contributed by atoms with Crippen LogP contribution in [-0.4, -0.2) is 24.8 Å². The van der Waals surface area contributed by atoms with E-state index in [0.717, 1.165) is 18.5 Å². The summed E-state index contributed by atoms with van der Waals surface area (Å²) >= 11 is 0. The van der Waals surface area contributed by atoms with Crippen LogP contribution in [-0.2, 0) is 4.74 Å². The van der Waals surface area contributed by atoms with E-state index >= 15 is 0 Å². The topological polar surface area (TPSA) is 21.3 Å². The van der Waals surface area contributed by atoms with Crippen molar-refractivity contribution in [3.05, 3.63) is 0 Å². The average molecular weight is 293 g/mol. The second kappa shape index (κ2) is 5.85. The van der Waals surface area contributed by atoms with Crippen LogP contribution in [0.15, 0.2) is 0 Å². The molecule has 1 N–H and O–H groups in total. The zero-order valence-electron chi connectivity index (χ0n) is 14.6. The Morgan fingerprint density at radius 3 is 2.43 bits per heavy atom. The van der Waals surface area contributed by atoms with Crippen molar-refractivity contribution in [3.8, 4) is 0 Å². The third kappa shape index (κ3) is 3.03. The summed E-state index contributed by atoms with van der Waals surface area (Å²) < 4.78 is 6.71. The Hall–Kier alpha value is -0.0800. The van der Waals surface area contributed by atoms with Gasteiger partial charge in [-0.25, -0.2) is 0 Å². The quantitative estimate of drug-likeness (QED) is 0.822. The van der Waals surface area contributed by atoms with Gasteiger partial charge in [0.25, 0.3) is 0 Å². The number of rotatable bonds is 4. The standard InChI is InChI=1S/C19H35NO/c1-5-20-16-11-17(19(16)8-6-7-9-19)21-15-10-14(2)12-18(3,4)13-15/h14-17,20H,5-13H2,1-4H3. The van der Waals surface area contributed by atoms with Gasteiger partial charge in [-0.15, -0.1) is 0 Å². The molecule has 3 saturated carbocycles. The molecule has 3 fully saturated rings. The summed E-state index contributed by atoms with van der Waals surface area (Å²) in [5.74, 6) is 0.822. The van der Waals surface area contributed by atoms with Crippen LogP contribution in [0.25, 0.3) is 0 Å². The summed E-state index contributed by atoms with van der Waals surface area (Å²) in [4.78, 5) is 0. The highest BCUT2D eigenvalue weighted by Crippen LogP contribution is 2.55. The lowest BCUT2D eigenvalue weighted by atomic mass is 9.60. The lowest BCUT2D eigenvalue weighted by Crippen LogP contribution is -2.63. The molecular formula is C19H35NO. The molecule has 0 bridgehead atoms. The molecule has 2 heteroatoms. The van der Waals surface area contributed by atoms with E-state index in [0.29, 0.717) is 23.0 Å². The van der Waals surface area contributed by atoms with Gasteiger partial charge in [0.05, 0.1) is 12.2 Å². The van der Waals surface area contributed by atoms with Gasteiger partial charge in [0.1, 0.15) is 0 Å². The van der Waals surface area contributed by atoms with Gasteiger partial charge in [0.15, 0.2) is 0 Å². The molecule has 4 atom stereocenters. The predicted molar refractivity (Wildman–Crippen MR) is 88.4 cm³/mol. The Morgan fingerprint density at radius 1 is 1.10 bits per heavy atom. The summed E-state index contributed by atoms with van der Waals surface area (Å²) in [6.07, 6.45) is 11.8. The lowest BCUT2D eigenvalue weighted by molar-refractivity contribution is -0.177. The first-order valence-electron chi connectivity index (χ1n) is 9.34. The first-order chi connectivity index (χ1) is 9.95. The minimum atomic E-state index is 0.468. The lowest BCUT2D eigenvalue weighted by Gasteiger charge is -2.56. The van der Waals surface area contributed by atoms with Gasteiger partial charge in [0.2, 0.25) is 0 Å². The molecule has 0 radical (unpaired) electrons. The van der Waals surface area contributed by atoms with E-state index in [1.807, 2.05) is 0 Å². The maximum Gasteiger partial charge on any atom is 0.0665 e. The third-order valence-corrected chi connectivity index (χ3v) is 6.47. The molecule has 0 aliphatic heterocycles. The molecule has 3 aliphatic carbocycles. The highest BCUT2D eigenvalue weighted by molar-refractivity contribution is 5.10. The monoisotopic (exact) mass is 293 g/mol. The molecule has 0 saturated heterocycles. The Bertz CT molecular complexity index is 359. The molecule has 0 aromatic carbocycles. The third-order valence-electron chi connectivity index (χ3n) is 6.47. The number of hydrogen-bond acceptors (Lipinski definition) is 2.